The zero-order valence-corrected chi connectivity index (χ0v) is 12.7. The van der Waals surface area contributed by atoms with Crippen LogP contribution in [0.4, 0.5) is 0 Å². The summed E-state index contributed by atoms with van der Waals surface area (Å²) in [6.45, 7) is 11.4. The van der Waals surface area contributed by atoms with E-state index in [4.69, 9.17) is 4.74 Å². The van der Waals surface area contributed by atoms with Crippen LogP contribution in [0.3, 0.4) is 0 Å². The van der Waals surface area contributed by atoms with Gasteiger partial charge in [0.1, 0.15) is 5.72 Å². The highest BCUT2D eigenvalue weighted by Gasteiger charge is 2.44. The van der Waals surface area contributed by atoms with Crippen LogP contribution < -0.4 is 5.32 Å². The molecule has 1 spiro atoms. The number of ether oxygens (including phenoxy) is 1. The first-order valence-corrected chi connectivity index (χ1v) is 7.94. The first-order chi connectivity index (χ1) is 8.55. The summed E-state index contributed by atoms with van der Waals surface area (Å²) in [4.78, 5) is 0. The predicted molar refractivity (Wildman–Crippen MR) is 76.5 cm³/mol. The van der Waals surface area contributed by atoms with Crippen molar-refractivity contribution in [1.82, 2.24) is 5.32 Å². The minimum absolute atomic E-state index is 0.0149. The van der Waals surface area contributed by atoms with Crippen molar-refractivity contribution >= 4 is 0 Å². The monoisotopic (exact) mass is 253 g/mol. The topological polar surface area (TPSA) is 21.3 Å². The highest BCUT2D eigenvalue weighted by atomic mass is 16.5. The molecular weight excluding hydrogens is 222 g/mol. The standard InChI is InChI=1S/C16H31NO/c1-5-15(6-2)11-17-16(18-12-15)9-7-8-14(10-16)13(3)4/h13-14,17H,5-12H2,1-4H3. The molecular formula is C16H31NO. The number of nitrogens with one attached hydrogen (secondary N) is 1. The lowest BCUT2D eigenvalue weighted by Gasteiger charge is -2.50. The van der Waals surface area contributed by atoms with E-state index in [0.29, 0.717) is 5.41 Å². The second-order valence-electron chi connectivity index (χ2n) is 6.94. The van der Waals surface area contributed by atoms with Crippen molar-refractivity contribution in [2.45, 2.75) is 71.9 Å². The molecule has 0 amide bonds. The largest absolute Gasteiger partial charge is 0.360 e. The Morgan fingerprint density at radius 1 is 1.28 bits per heavy atom. The Labute approximate surface area is 113 Å². The van der Waals surface area contributed by atoms with Crippen molar-refractivity contribution in [3.63, 3.8) is 0 Å². The molecule has 0 radical (unpaired) electrons. The first kappa shape index (κ1) is 14.3. The maximum absolute atomic E-state index is 6.37. The number of hydrogen-bond donors (Lipinski definition) is 1. The van der Waals surface area contributed by atoms with Gasteiger partial charge >= 0.3 is 0 Å². The third-order valence-corrected chi connectivity index (χ3v) is 5.63. The number of rotatable bonds is 3. The molecule has 2 rings (SSSR count). The fourth-order valence-electron chi connectivity index (χ4n) is 3.58. The van der Waals surface area contributed by atoms with E-state index in [9.17, 15) is 0 Å². The van der Waals surface area contributed by atoms with E-state index >= 15 is 0 Å². The lowest BCUT2D eigenvalue weighted by Crippen LogP contribution is -2.60. The van der Waals surface area contributed by atoms with E-state index in [0.717, 1.165) is 25.0 Å². The van der Waals surface area contributed by atoms with Crippen molar-refractivity contribution in [2.24, 2.45) is 17.3 Å². The summed E-state index contributed by atoms with van der Waals surface area (Å²) in [7, 11) is 0. The van der Waals surface area contributed by atoms with E-state index in [1.807, 2.05) is 0 Å². The summed E-state index contributed by atoms with van der Waals surface area (Å²) in [5.74, 6) is 1.62. The van der Waals surface area contributed by atoms with Gasteiger partial charge in [-0.15, -0.1) is 0 Å². The molecule has 0 aromatic rings. The van der Waals surface area contributed by atoms with Crippen LogP contribution in [0.15, 0.2) is 0 Å². The molecule has 1 heterocycles. The second-order valence-corrected chi connectivity index (χ2v) is 6.94. The summed E-state index contributed by atoms with van der Waals surface area (Å²) >= 11 is 0. The molecule has 1 aliphatic carbocycles. The van der Waals surface area contributed by atoms with Gasteiger partial charge in [-0.2, -0.15) is 0 Å². The molecule has 1 saturated carbocycles. The van der Waals surface area contributed by atoms with Gasteiger partial charge in [-0.3, -0.25) is 5.32 Å². The zero-order valence-electron chi connectivity index (χ0n) is 12.7. The minimum Gasteiger partial charge on any atom is -0.360 e. The molecule has 0 bridgehead atoms. The third-order valence-electron chi connectivity index (χ3n) is 5.63. The molecule has 2 unspecified atom stereocenters. The summed E-state index contributed by atoms with van der Waals surface area (Å²) in [6.07, 6.45) is 7.58. The molecule has 2 heteroatoms. The molecule has 2 aliphatic rings. The highest BCUT2D eigenvalue weighted by molar-refractivity contribution is 4.94. The van der Waals surface area contributed by atoms with Crippen molar-refractivity contribution in [2.75, 3.05) is 13.2 Å². The quantitative estimate of drug-likeness (QED) is 0.822. The minimum atomic E-state index is 0.0149. The smallest absolute Gasteiger partial charge is 0.119 e. The fraction of sp³-hybridized carbons (Fsp3) is 1.00. The molecule has 18 heavy (non-hydrogen) atoms. The molecule has 106 valence electrons. The van der Waals surface area contributed by atoms with Gasteiger partial charge in [0, 0.05) is 12.0 Å². The van der Waals surface area contributed by atoms with E-state index < -0.39 is 0 Å². The van der Waals surface area contributed by atoms with Crippen LogP contribution in [0.1, 0.15) is 66.2 Å². The molecule has 1 saturated heterocycles. The maximum Gasteiger partial charge on any atom is 0.119 e. The van der Waals surface area contributed by atoms with Gasteiger partial charge in [-0.05, 0) is 50.4 Å². The van der Waals surface area contributed by atoms with E-state index in [1.54, 1.807) is 0 Å². The maximum atomic E-state index is 6.37. The Bertz CT molecular complexity index is 260. The normalized spacial score (nSPS) is 36.2. The molecule has 1 aliphatic heterocycles. The average molecular weight is 253 g/mol. The summed E-state index contributed by atoms with van der Waals surface area (Å²) < 4.78 is 6.37. The average Bonchev–Trinajstić information content (AvgIpc) is 2.40. The van der Waals surface area contributed by atoms with Crippen LogP contribution in [0.2, 0.25) is 0 Å². The fourth-order valence-corrected chi connectivity index (χ4v) is 3.58. The Kier molecular flexibility index (Phi) is 4.38. The van der Waals surface area contributed by atoms with Crippen molar-refractivity contribution < 1.29 is 4.74 Å². The van der Waals surface area contributed by atoms with Gasteiger partial charge in [0.25, 0.3) is 0 Å². The highest BCUT2D eigenvalue weighted by Crippen LogP contribution is 2.42. The van der Waals surface area contributed by atoms with E-state index in [-0.39, 0.29) is 5.72 Å². The lowest BCUT2D eigenvalue weighted by atomic mass is 9.74. The molecule has 0 aromatic carbocycles. The van der Waals surface area contributed by atoms with Crippen molar-refractivity contribution in [3.8, 4) is 0 Å². The summed E-state index contributed by atoms with van der Waals surface area (Å²) in [6, 6.07) is 0. The summed E-state index contributed by atoms with van der Waals surface area (Å²) in [5.41, 5.74) is 0.400. The SMILES string of the molecule is CCC1(CC)CNC2(CCCC(C(C)C)C2)OC1. The summed E-state index contributed by atoms with van der Waals surface area (Å²) in [5, 5.41) is 3.79. The van der Waals surface area contributed by atoms with Crippen LogP contribution in [-0.2, 0) is 4.74 Å². The van der Waals surface area contributed by atoms with Gasteiger partial charge in [-0.1, -0.05) is 27.7 Å². The molecule has 1 N–H and O–H groups in total. The van der Waals surface area contributed by atoms with E-state index in [2.05, 4.69) is 33.0 Å². The van der Waals surface area contributed by atoms with E-state index in [1.165, 1.54) is 38.5 Å². The van der Waals surface area contributed by atoms with Crippen LogP contribution in [0.25, 0.3) is 0 Å². The zero-order chi connectivity index (χ0) is 13.2. The Hall–Kier alpha value is -0.0800. The van der Waals surface area contributed by atoms with Crippen LogP contribution in [-0.4, -0.2) is 18.9 Å². The Morgan fingerprint density at radius 2 is 2.00 bits per heavy atom. The van der Waals surface area contributed by atoms with Crippen LogP contribution in [0.5, 0.6) is 0 Å². The Balaban J connectivity index is 1.98. The molecule has 0 aromatic heterocycles. The molecule has 2 nitrogen and oxygen atoms in total. The molecule has 2 fully saturated rings. The first-order valence-electron chi connectivity index (χ1n) is 7.94. The van der Waals surface area contributed by atoms with Gasteiger partial charge in [0.15, 0.2) is 0 Å². The lowest BCUT2D eigenvalue weighted by molar-refractivity contribution is -0.173. The second kappa shape index (κ2) is 5.50. The van der Waals surface area contributed by atoms with Crippen molar-refractivity contribution in [3.05, 3.63) is 0 Å². The number of hydrogen-bond acceptors (Lipinski definition) is 2. The van der Waals surface area contributed by atoms with Crippen LogP contribution in [0, 0.1) is 17.3 Å². The Morgan fingerprint density at radius 3 is 2.50 bits per heavy atom. The third kappa shape index (κ3) is 2.75. The van der Waals surface area contributed by atoms with Gasteiger partial charge in [-0.25, -0.2) is 0 Å². The van der Waals surface area contributed by atoms with Gasteiger partial charge < -0.3 is 4.74 Å². The van der Waals surface area contributed by atoms with Crippen molar-refractivity contribution in [1.29, 1.82) is 0 Å². The predicted octanol–water partition coefficient (Wildman–Crippen LogP) is 3.96. The van der Waals surface area contributed by atoms with Gasteiger partial charge in [0.05, 0.1) is 6.61 Å². The van der Waals surface area contributed by atoms with Crippen LogP contribution >= 0.6 is 0 Å². The molecule has 2 atom stereocenters. The van der Waals surface area contributed by atoms with Gasteiger partial charge in [0.2, 0.25) is 0 Å².